The van der Waals surface area contributed by atoms with Crippen molar-refractivity contribution in [2.45, 2.75) is 11.4 Å². The predicted octanol–water partition coefficient (Wildman–Crippen LogP) is 5.07. The quantitative estimate of drug-likeness (QED) is 0.572. The number of rotatable bonds is 6. The molecule has 1 amide bonds. The third kappa shape index (κ3) is 5.16. The minimum absolute atomic E-state index is 0.186. The van der Waals surface area contributed by atoms with Crippen molar-refractivity contribution in [3.63, 3.8) is 0 Å². The van der Waals surface area contributed by atoms with Crippen LogP contribution in [0, 0.1) is 0 Å². The third-order valence-corrected chi connectivity index (χ3v) is 6.81. The van der Waals surface area contributed by atoms with E-state index in [0.717, 1.165) is 5.56 Å². The second kappa shape index (κ2) is 8.97. The zero-order valence-corrected chi connectivity index (χ0v) is 17.8. The van der Waals surface area contributed by atoms with Crippen LogP contribution in [-0.2, 0) is 16.6 Å². The highest BCUT2D eigenvalue weighted by molar-refractivity contribution is 7.89. The zero-order chi connectivity index (χ0) is 21.0. The van der Waals surface area contributed by atoms with E-state index in [1.54, 1.807) is 72.8 Å². The van der Waals surface area contributed by atoms with E-state index in [2.05, 4.69) is 5.32 Å². The average molecular weight is 449 g/mol. The molecule has 0 radical (unpaired) electrons. The number of benzene rings is 3. The Bertz CT molecular complexity index is 1120. The number of nitrogens with zero attached hydrogens (tertiary/aromatic N) is 1. The molecule has 0 aliphatic carbocycles. The molecule has 5 nitrogen and oxygen atoms in total. The van der Waals surface area contributed by atoms with Gasteiger partial charge in [0, 0.05) is 24.8 Å². The van der Waals surface area contributed by atoms with Crippen LogP contribution < -0.4 is 5.32 Å². The van der Waals surface area contributed by atoms with Crippen LogP contribution in [0.25, 0.3) is 0 Å². The highest BCUT2D eigenvalue weighted by Crippen LogP contribution is 2.25. The van der Waals surface area contributed by atoms with Gasteiger partial charge >= 0.3 is 0 Å². The molecule has 0 saturated carbocycles. The summed E-state index contributed by atoms with van der Waals surface area (Å²) in [6, 6.07) is 19.8. The van der Waals surface area contributed by atoms with Crippen molar-refractivity contribution in [1.29, 1.82) is 0 Å². The van der Waals surface area contributed by atoms with Gasteiger partial charge in [0.2, 0.25) is 10.0 Å². The fourth-order valence-corrected chi connectivity index (χ4v) is 4.13. The molecule has 0 atom stereocenters. The monoisotopic (exact) mass is 448 g/mol. The van der Waals surface area contributed by atoms with Crippen LogP contribution >= 0.6 is 23.2 Å². The first kappa shape index (κ1) is 21.3. The van der Waals surface area contributed by atoms with Gasteiger partial charge in [-0.25, -0.2) is 8.42 Å². The number of amides is 1. The molecule has 0 heterocycles. The lowest BCUT2D eigenvalue weighted by molar-refractivity contribution is 0.102. The first-order valence-corrected chi connectivity index (χ1v) is 10.8. The van der Waals surface area contributed by atoms with Gasteiger partial charge in [-0.05, 0) is 48.0 Å². The van der Waals surface area contributed by atoms with E-state index in [9.17, 15) is 13.2 Å². The zero-order valence-electron chi connectivity index (χ0n) is 15.5. The lowest BCUT2D eigenvalue weighted by atomic mass is 10.1. The van der Waals surface area contributed by atoms with Gasteiger partial charge in [0.25, 0.3) is 5.91 Å². The molecule has 0 aromatic heterocycles. The smallest absolute Gasteiger partial charge is 0.255 e. The first-order valence-electron chi connectivity index (χ1n) is 8.64. The van der Waals surface area contributed by atoms with Gasteiger partial charge < -0.3 is 5.32 Å². The second-order valence-electron chi connectivity index (χ2n) is 6.35. The van der Waals surface area contributed by atoms with Crippen molar-refractivity contribution in [2.75, 3.05) is 12.4 Å². The lowest BCUT2D eigenvalue weighted by Crippen LogP contribution is -2.26. The van der Waals surface area contributed by atoms with Gasteiger partial charge in [-0.15, -0.1) is 0 Å². The fraction of sp³-hybridized carbons (Fsp3) is 0.0952. The number of carbonyl (C=O) groups is 1. The Labute approximate surface area is 179 Å². The molecule has 0 spiro atoms. The van der Waals surface area contributed by atoms with Crippen LogP contribution in [0.15, 0.2) is 77.7 Å². The largest absolute Gasteiger partial charge is 0.322 e. The third-order valence-electron chi connectivity index (χ3n) is 4.25. The number of carbonyl (C=O) groups excluding carboxylic acids is 1. The number of anilines is 1. The molecule has 3 rings (SSSR count). The van der Waals surface area contributed by atoms with Gasteiger partial charge in [0.15, 0.2) is 0 Å². The van der Waals surface area contributed by atoms with E-state index in [0.29, 0.717) is 21.3 Å². The minimum Gasteiger partial charge on any atom is -0.322 e. The van der Waals surface area contributed by atoms with E-state index in [1.807, 2.05) is 0 Å². The van der Waals surface area contributed by atoms with Gasteiger partial charge in [-0.1, -0.05) is 53.5 Å². The summed E-state index contributed by atoms with van der Waals surface area (Å²) in [5, 5.41) is 3.50. The number of hydrogen-bond donors (Lipinski definition) is 1. The Balaban J connectivity index is 1.68. The maximum absolute atomic E-state index is 12.6. The predicted molar refractivity (Wildman–Crippen MR) is 116 cm³/mol. The fourth-order valence-electron chi connectivity index (χ4n) is 2.65. The molecule has 150 valence electrons. The number of hydrogen-bond acceptors (Lipinski definition) is 3. The molecule has 3 aromatic rings. The van der Waals surface area contributed by atoms with E-state index in [-0.39, 0.29) is 17.3 Å². The molecule has 3 aromatic carbocycles. The van der Waals surface area contributed by atoms with Crippen molar-refractivity contribution < 1.29 is 13.2 Å². The Morgan fingerprint density at radius 3 is 2.21 bits per heavy atom. The van der Waals surface area contributed by atoms with E-state index < -0.39 is 10.0 Å². The number of nitrogens with one attached hydrogen (secondary N) is 1. The van der Waals surface area contributed by atoms with Crippen LogP contribution in [0.1, 0.15) is 15.9 Å². The van der Waals surface area contributed by atoms with Gasteiger partial charge in [-0.3, -0.25) is 4.79 Å². The first-order chi connectivity index (χ1) is 13.8. The molecule has 0 aliphatic rings. The lowest BCUT2D eigenvalue weighted by Gasteiger charge is -2.17. The average Bonchev–Trinajstić information content (AvgIpc) is 2.72. The van der Waals surface area contributed by atoms with Crippen LogP contribution in [0.3, 0.4) is 0 Å². The SMILES string of the molecule is CN(Cc1ccc(C(=O)Nc2ccc(Cl)c(Cl)c2)cc1)S(=O)(=O)c1ccccc1. The van der Waals surface area contributed by atoms with E-state index >= 15 is 0 Å². The molecule has 8 heteroatoms. The normalized spacial score (nSPS) is 11.4. The van der Waals surface area contributed by atoms with Gasteiger partial charge in [0.1, 0.15) is 0 Å². The highest BCUT2D eigenvalue weighted by atomic mass is 35.5. The standard InChI is InChI=1S/C21H18Cl2N2O3S/c1-25(29(27,28)18-5-3-2-4-6-18)14-15-7-9-16(10-8-15)21(26)24-17-11-12-19(22)20(23)13-17/h2-13H,14H2,1H3,(H,24,26). The molecule has 1 N–H and O–H groups in total. The molecule has 0 unspecified atom stereocenters. The summed E-state index contributed by atoms with van der Waals surface area (Å²) < 4.78 is 26.5. The topological polar surface area (TPSA) is 66.5 Å². The molecule has 29 heavy (non-hydrogen) atoms. The minimum atomic E-state index is -3.58. The summed E-state index contributed by atoms with van der Waals surface area (Å²) in [7, 11) is -2.06. The van der Waals surface area contributed by atoms with Crippen LogP contribution in [0.2, 0.25) is 10.0 Å². The molecular formula is C21H18Cl2N2O3S. The Kier molecular flexibility index (Phi) is 6.59. The van der Waals surface area contributed by atoms with Gasteiger partial charge in [-0.2, -0.15) is 4.31 Å². The molecule has 0 saturated heterocycles. The van der Waals surface area contributed by atoms with Crippen molar-refractivity contribution in [2.24, 2.45) is 0 Å². The summed E-state index contributed by atoms with van der Waals surface area (Å²) >= 11 is 11.8. The van der Waals surface area contributed by atoms with Crippen LogP contribution in [0.4, 0.5) is 5.69 Å². The second-order valence-corrected chi connectivity index (χ2v) is 9.21. The number of halogens is 2. The van der Waals surface area contributed by atoms with Crippen LogP contribution in [0.5, 0.6) is 0 Å². The summed E-state index contributed by atoms with van der Waals surface area (Å²) in [6.07, 6.45) is 0. The highest BCUT2D eigenvalue weighted by Gasteiger charge is 2.20. The molecular weight excluding hydrogens is 431 g/mol. The summed E-state index contributed by atoms with van der Waals surface area (Å²) in [5.74, 6) is -0.305. The molecule has 0 fully saturated rings. The Morgan fingerprint density at radius 2 is 1.59 bits per heavy atom. The van der Waals surface area contributed by atoms with E-state index in [4.69, 9.17) is 23.2 Å². The van der Waals surface area contributed by atoms with Gasteiger partial charge in [0.05, 0.1) is 14.9 Å². The summed E-state index contributed by atoms with van der Waals surface area (Å²) in [4.78, 5) is 12.6. The van der Waals surface area contributed by atoms with Crippen molar-refractivity contribution >= 4 is 44.8 Å². The van der Waals surface area contributed by atoms with Crippen molar-refractivity contribution in [1.82, 2.24) is 4.31 Å². The summed E-state index contributed by atoms with van der Waals surface area (Å²) in [6.45, 7) is 0.186. The molecule has 0 bridgehead atoms. The maximum atomic E-state index is 12.6. The maximum Gasteiger partial charge on any atom is 0.255 e. The van der Waals surface area contributed by atoms with Crippen LogP contribution in [-0.4, -0.2) is 25.7 Å². The Hall–Kier alpha value is -2.38. The van der Waals surface area contributed by atoms with Crippen molar-refractivity contribution in [3.05, 3.63) is 94.0 Å². The number of sulfonamides is 1. The Morgan fingerprint density at radius 1 is 0.931 bits per heavy atom. The van der Waals surface area contributed by atoms with E-state index in [1.165, 1.54) is 11.4 Å². The van der Waals surface area contributed by atoms with Crippen molar-refractivity contribution in [3.8, 4) is 0 Å². The molecule has 0 aliphatic heterocycles. The summed E-state index contributed by atoms with van der Waals surface area (Å²) in [5.41, 5.74) is 1.73.